The predicted octanol–water partition coefficient (Wildman–Crippen LogP) is 2.83. The van der Waals surface area contributed by atoms with Gasteiger partial charge in [-0.05, 0) is 28.7 Å². The lowest BCUT2D eigenvalue weighted by Crippen LogP contribution is -2.39. The van der Waals surface area contributed by atoms with Gasteiger partial charge >= 0.3 is 12.1 Å². The average molecular weight is 412 g/mol. The van der Waals surface area contributed by atoms with Crippen molar-refractivity contribution in [2.24, 2.45) is 0 Å². The molecule has 2 amide bonds. The molecule has 3 N–H and O–H groups in total. The van der Waals surface area contributed by atoms with Crippen LogP contribution in [0.4, 0.5) is 4.79 Å². The molecule has 0 spiro atoms. The molecule has 8 heteroatoms. The highest BCUT2D eigenvalue weighted by molar-refractivity contribution is 5.79. The number of carboxylic acid groups (broad SMARTS) is 1. The number of carbonyl (C=O) groups is 3. The van der Waals surface area contributed by atoms with Crippen LogP contribution in [0.5, 0.6) is 0 Å². The molecule has 3 rings (SSSR count). The van der Waals surface area contributed by atoms with Gasteiger partial charge in [-0.25, -0.2) is 15.1 Å². The van der Waals surface area contributed by atoms with E-state index in [9.17, 15) is 14.4 Å². The summed E-state index contributed by atoms with van der Waals surface area (Å²) in [6.07, 6.45) is -0.167. The first kappa shape index (κ1) is 21.3. The van der Waals surface area contributed by atoms with Crippen molar-refractivity contribution in [3.8, 4) is 11.1 Å². The Bertz CT molecular complexity index is 884. The molecule has 0 aromatic heterocycles. The number of rotatable bonds is 9. The lowest BCUT2D eigenvalue weighted by atomic mass is 9.98. The number of alkyl carbamates (subject to hydrolysis) is 1. The first-order valence-electron chi connectivity index (χ1n) is 9.73. The average Bonchev–Trinajstić information content (AvgIpc) is 3.05. The quantitative estimate of drug-likeness (QED) is 0.546. The van der Waals surface area contributed by atoms with Crippen molar-refractivity contribution in [3.05, 3.63) is 59.7 Å². The van der Waals surface area contributed by atoms with Crippen molar-refractivity contribution in [2.75, 3.05) is 13.2 Å². The van der Waals surface area contributed by atoms with E-state index in [2.05, 4.69) is 22.3 Å². The van der Waals surface area contributed by atoms with Crippen LogP contribution in [-0.2, 0) is 19.2 Å². The maximum Gasteiger partial charge on any atom is 0.407 e. The molecule has 1 atom stereocenters. The van der Waals surface area contributed by atoms with Crippen molar-refractivity contribution in [1.29, 1.82) is 0 Å². The molecule has 0 bridgehead atoms. The highest BCUT2D eigenvalue weighted by atomic mass is 16.7. The largest absolute Gasteiger partial charge is 0.479 e. The van der Waals surface area contributed by atoms with Crippen molar-refractivity contribution < 1.29 is 29.1 Å². The van der Waals surface area contributed by atoms with E-state index in [1.54, 1.807) is 0 Å². The molecule has 8 nitrogen and oxygen atoms in total. The van der Waals surface area contributed by atoms with Gasteiger partial charge in [0.25, 0.3) is 0 Å². The molecule has 2 aromatic rings. The number of aliphatic carboxylic acids is 1. The number of fused-ring (bicyclic) bond motifs is 3. The molecule has 0 saturated heterocycles. The summed E-state index contributed by atoms with van der Waals surface area (Å²) in [6.45, 7) is 1.37. The van der Waals surface area contributed by atoms with E-state index in [0.717, 1.165) is 22.3 Å². The Morgan fingerprint density at radius 2 is 1.63 bits per heavy atom. The van der Waals surface area contributed by atoms with Gasteiger partial charge in [0.05, 0.1) is 0 Å². The van der Waals surface area contributed by atoms with Gasteiger partial charge in [-0.2, -0.15) is 0 Å². The van der Waals surface area contributed by atoms with Crippen LogP contribution >= 0.6 is 0 Å². The molecule has 0 fully saturated rings. The minimum atomic E-state index is -1.20. The van der Waals surface area contributed by atoms with Crippen LogP contribution in [-0.4, -0.2) is 42.3 Å². The zero-order chi connectivity index (χ0) is 21.5. The number of hydroxylamine groups is 1. The van der Waals surface area contributed by atoms with Gasteiger partial charge in [0.15, 0.2) is 6.61 Å². The molecule has 0 unspecified atom stereocenters. The molecule has 2 aromatic carbocycles. The van der Waals surface area contributed by atoms with Crippen LogP contribution in [0.2, 0.25) is 0 Å². The van der Waals surface area contributed by atoms with E-state index in [-0.39, 0.29) is 18.9 Å². The maximum atomic E-state index is 12.3. The fraction of sp³-hybridized carbons (Fsp3) is 0.318. The van der Waals surface area contributed by atoms with Crippen LogP contribution < -0.4 is 10.8 Å². The first-order chi connectivity index (χ1) is 14.5. The highest BCUT2D eigenvalue weighted by Gasteiger charge is 2.29. The number of benzene rings is 2. The molecule has 1 aliphatic rings. The Balaban J connectivity index is 1.54. The van der Waals surface area contributed by atoms with Crippen LogP contribution in [0.3, 0.4) is 0 Å². The van der Waals surface area contributed by atoms with E-state index in [4.69, 9.17) is 9.84 Å². The van der Waals surface area contributed by atoms with Crippen LogP contribution in [0, 0.1) is 0 Å². The van der Waals surface area contributed by atoms with E-state index in [0.29, 0.717) is 6.42 Å². The Hall–Kier alpha value is -3.39. The number of carbonyl (C=O) groups excluding carboxylic acids is 2. The molecule has 158 valence electrons. The highest BCUT2D eigenvalue weighted by Crippen LogP contribution is 2.44. The minimum absolute atomic E-state index is 0.0454. The standard InChI is InChI=1S/C22H24N2O6/c1-2-14(11-20(25)24-30-13-21(26)27)23-22(28)29-12-19-17-9-5-3-7-15(17)16-8-4-6-10-18(16)19/h3-10,14,19H,2,11-13H2,1H3,(H,23,28)(H,24,25)(H,26,27)/t14-/m0/s1. The van der Waals surface area contributed by atoms with Crippen molar-refractivity contribution >= 4 is 18.0 Å². The Labute approximate surface area is 174 Å². The van der Waals surface area contributed by atoms with Gasteiger partial charge in [0, 0.05) is 18.4 Å². The second kappa shape index (κ2) is 9.89. The summed E-state index contributed by atoms with van der Waals surface area (Å²) in [7, 11) is 0. The third-order valence-electron chi connectivity index (χ3n) is 4.97. The smallest absolute Gasteiger partial charge is 0.407 e. The van der Waals surface area contributed by atoms with Gasteiger partial charge in [-0.3, -0.25) is 9.63 Å². The first-order valence-corrected chi connectivity index (χ1v) is 9.73. The molecule has 0 radical (unpaired) electrons. The summed E-state index contributed by atoms with van der Waals surface area (Å²) in [6, 6.07) is 15.7. The molecule has 30 heavy (non-hydrogen) atoms. The summed E-state index contributed by atoms with van der Waals surface area (Å²) in [5.41, 5.74) is 6.57. The van der Waals surface area contributed by atoms with Crippen molar-refractivity contribution in [1.82, 2.24) is 10.8 Å². The minimum Gasteiger partial charge on any atom is -0.479 e. The molecular formula is C22H24N2O6. The van der Waals surface area contributed by atoms with Gasteiger partial charge in [-0.1, -0.05) is 55.5 Å². The number of amides is 2. The molecule has 0 aliphatic heterocycles. The maximum absolute atomic E-state index is 12.3. The SMILES string of the molecule is CC[C@@H](CC(=O)NOCC(=O)O)NC(=O)OCC1c2ccccc2-c2ccccc21. The van der Waals surface area contributed by atoms with Crippen molar-refractivity contribution in [3.63, 3.8) is 0 Å². The van der Waals surface area contributed by atoms with Crippen LogP contribution in [0.1, 0.15) is 36.8 Å². The molecule has 0 saturated carbocycles. The predicted molar refractivity (Wildman–Crippen MR) is 109 cm³/mol. The normalized spacial score (nSPS) is 13.1. The Morgan fingerprint density at radius 3 is 2.20 bits per heavy atom. The monoisotopic (exact) mass is 412 g/mol. The van der Waals surface area contributed by atoms with E-state index >= 15 is 0 Å². The van der Waals surface area contributed by atoms with Gasteiger partial charge < -0.3 is 15.2 Å². The lowest BCUT2D eigenvalue weighted by Gasteiger charge is -2.18. The molecule has 1 aliphatic carbocycles. The van der Waals surface area contributed by atoms with Gasteiger partial charge in [0.2, 0.25) is 5.91 Å². The number of ether oxygens (including phenoxy) is 1. The molecular weight excluding hydrogens is 388 g/mol. The Morgan fingerprint density at radius 1 is 1.03 bits per heavy atom. The lowest BCUT2D eigenvalue weighted by molar-refractivity contribution is -0.149. The number of nitrogens with one attached hydrogen (secondary N) is 2. The van der Waals surface area contributed by atoms with E-state index in [1.165, 1.54) is 0 Å². The number of hydrogen-bond donors (Lipinski definition) is 3. The second-order valence-corrected chi connectivity index (χ2v) is 6.99. The van der Waals surface area contributed by atoms with Gasteiger partial charge in [0.1, 0.15) is 6.61 Å². The number of carboxylic acids is 1. The second-order valence-electron chi connectivity index (χ2n) is 6.99. The summed E-state index contributed by atoms with van der Waals surface area (Å²) < 4.78 is 5.48. The summed E-state index contributed by atoms with van der Waals surface area (Å²) in [5, 5.41) is 11.2. The molecule has 0 heterocycles. The fourth-order valence-electron chi connectivity index (χ4n) is 3.55. The van der Waals surface area contributed by atoms with Crippen LogP contribution in [0.25, 0.3) is 11.1 Å². The summed E-state index contributed by atoms with van der Waals surface area (Å²) in [5.74, 6) is -1.77. The zero-order valence-corrected chi connectivity index (χ0v) is 16.6. The zero-order valence-electron chi connectivity index (χ0n) is 16.6. The van der Waals surface area contributed by atoms with E-state index < -0.39 is 30.6 Å². The third-order valence-corrected chi connectivity index (χ3v) is 4.97. The Kier molecular flexibility index (Phi) is 7.03. The third kappa shape index (κ3) is 5.15. The van der Waals surface area contributed by atoms with Gasteiger partial charge in [-0.15, -0.1) is 0 Å². The summed E-state index contributed by atoms with van der Waals surface area (Å²) >= 11 is 0. The van der Waals surface area contributed by atoms with Crippen LogP contribution in [0.15, 0.2) is 48.5 Å². The summed E-state index contributed by atoms with van der Waals surface area (Å²) in [4.78, 5) is 39.0. The fourth-order valence-corrected chi connectivity index (χ4v) is 3.55. The topological polar surface area (TPSA) is 114 Å². The van der Waals surface area contributed by atoms with E-state index in [1.807, 2.05) is 48.8 Å². The van der Waals surface area contributed by atoms with Crippen molar-refractivity contribution in [2.45, 2.75) is 31.7 Å². The number of hydrogen-bond acceptors (Lipinski definition) is 5.